The molecule has 0 bridgehead atoms. The summed E-state index contributed by atoms with van der Waals surface area (Å²) in [5, 5.41) is 0. The van der Waals surface area contributed by atoms with Crippen LogP contribution in [0.2, 0.25) is 0 Å². The Morgan fingerprint density at radius 1 is 1.25 bits per heavy atom. The van der Waals surface area contributed by atoms with E-state index >= 15 is 0 Å². The van der Waals surface area contributed by atoms with E-state index in [0.717, 1.165) is 24.7 Å². The van der Waals surface area contributed by atoms with Gasteiger partial charge in [-0.05, 0) is 6.07 Å². The molecule has 1 aromatic rings. The molecular weight excluding hydrogens is 218 g/mol. The summed E-state index contributed by atoms with van der Waals surface area (Å²) in [6, 6.07) is 2.02. The molecular formula is C12H19N3S. The lowest BCUT2D eigenvalue weighted by molar-refractivity contribution is 0.544. The SMILES string of the molecule is CC(C)(C)c1nccc(N2CCSCC2)n1. The van der Waals surface area contributed by atoms with Crippen LogP contribution in [0.4, 0.5) is 5.82 Å². The van der Waals surface area contributed by atoms with Gasteiger partial charge in [-0.3, -0.25) is 0 Å². The van der Waals surface area contributed by atoms with Gasteiger partial charge in [0.05, 0.1) is 0 Å². The number of aromatic nitrogens is 2. The molecule has 16 heavy (non-hydrogen) atoms. The molecule has 0 atom stereocenters. The zero-order chi connectivity index (χ0) is 11.6. The zero-order valence-electron chi connectivity index (χ0n) is 10.2. The van der Waals surface area contributed by atoms with Gasteiger partial charge in [0.15, 0.2) is 0 Å². The van der Waals surface area contributed by atoms with Crippen LogP contribution >= 0.6 is 11.8 Å². The van der Waals surface area contributed by atoms with E-state index in [1.54, 1.807) is 0 Å². The summed E-state index contributed by atoms with van der Waals surface area (Å²) >= 11 is 2.02. The van der Waals surface area contributed by atoms with E-state index < -0.39 is 0 Å². The maximum Gasteiger partial charge on any atom is 0.135 e. The molecule has 0 aliphatic carbocycles. The second-order valence-electron chi connectivity index (χ2n) is 5.09. The lowest BCUT2D eigenvalue weighted by Crippen LogP contribution is -2.33. The van der Waals surface area contributed by atoms with Gasteiger partial charge >= 0.3 is 0 Å². The highest BCUT2D eigenvalue weighted by molar-refractivity contribution is 7.99. The summed E-state index contributed by atoms with van der Waals surface area (Å²) in [7, 11) is 0. The fraction of sp³-hybridized carbons (Fsp3) is 0.667. The van der Waals surface area contributed by atoms with Crippen molar-refractivity contribution in [2.45, 2.75) is 26.2 Å². The minimum Gasteiger partial charge on any atom is -0.355 e. The zero-order valence-corrected chi connectivity index (χ0v) is 11.0. The van der Waals surface area contributed by atoms with Crippen molar-refractivity contribution >= 4 is 17.6 Å². The highest BCUT2D eigenvalue weighted by atomic mass is 32.2. The molecule has 2 heterocycles. The Balaban J connectivity index is 2.21. The van der Waals surface area contributed by atoms with Gasteiger partial charge in [0.2, 0.25) is 0 Å². The second-order valence-corrected chi connectivity index (χ2v) is 6.31. The minimum atomic E-state index is 0.0283. The van der Waals surface area contributed by atoms with Crippen LogP contribution in [0, 0.1) is 0 Å². The first-order valence-electron chi connectivity index (χ1n) is 5.73. The third-order valence-electron chi connectivity index (χ3n) is 2.65. The Morgan fingerprint density at radius 3 is 2.56 bits per heavy atom. The summed E-state index contributed by atoms with van der Waals surface area (Å²) in [5.74, 6) is 4.42. The highest BCUT2D eigenvalue weighted by Gasteiger charge is 2.19. The van der Waals surface area contributed by atoms with Crippen molar-refractivity contribution in [1.29, 1.82) is 0 Å². The molecule has 0 radical (unpaired) electrons. The highest BCUT2D eigenvalue weighted by Crippen LogP contribution is 2.22. The number of rotatable bonds is 1. The monoisotopic (exact) mass is 237 g/mol. The molecule has 4 heteroatoms. The van der Waals surface area contributed by atoms with Gasteiger partial charge in [0.1, 0.15) is 11.6 Å². The average Bonchev–Trinajstić information content (AvgIpc) is 2.29. The summed E-state index contributed by atoms with van der Waals surface area (Å²) < 4.78 is 0. The van der Waals surface area contributed by atoms with Crippen LogP contribution in [0.1, 0.15) is 26.6 Å². The van der Waals surface area contributed by atoms with E-state index in [-0.39, 0.29) is 5.41 Å². The maximum atomic E-state index is 4.67. The van der Waals surface area contributed by atoms with Crippen molar-refractivity contribution in [2.24, 2.45) is 0 Å². The largest absolute Gasteiger partial charge is 0.355 e. The smallest absolute Gasteiger partial charge is 0.135 e. The Kier molecular flexibility index (Phi) is 3.38. The Bertz CT molecular complexity index is 354. The van der Waals surface area contributed by atoms with Crippen LogP contribution < -0.4 is 4.90 Å². The predicted molar refractivity (Wildman–Crippen MR) is 70.3 cm³/mol. The molecule has 2 rings (SSSR count). The molecule has 0 aromatic carbocycles. The van der Waals surface area contributed by atoms with Crippen molar-refractivity contribution in [2.75, 3.05) is 29.5 Å². The van der Waals surface area contributed by atoms with Crippen molar-refractivity contribution in [3.05, 3.63) is 18.1 Å². The molecule has 88 valence electrons. The maximum absolute atomic E-state index is 4.67. The lowest BCUT2D eigenvalue weighted by atomic mass is 9.96. The normalized spacial score (nSPS) is 17.6. The van der Waals surface area contributed by atoms with Gasteiger partial charge in [0, 0.05) is 36.2 Å². The lowest BCUT2D eigenvalue weighted by Gasteiger charge is -2.28. The van der Waals surface area contributed by atoms with Crippen molar-refractivity contribution in [3.8, 4) is 0 Å². The summed E-state index contributed by atoms with van der Waals surface area (Å²) in [6.45, 7) is 8.66. The number of anilines is 1. The van der Waals surface area contributed by atoms with E-state index in [9.17, 15) is 0 Å². The second kappa shape index (κ2) is 4.62. The third kappa shape index (κ3) is 2.67. The van der Waals surface area contributed by atoms with Crippen LogP contribution in [-0.2, 0) is 5.41 Å². The molecule has 1 aliphatic rings. The fourth-order valence-electron chi connectivity index (χ4n) is 1.68. The first-order chi connectivity index (χ1) is 7.57. The average molecular weight is 237 g/mol. The Morgan fingerprint density at radius 2 is 1.94 bits per heavy atom. The van der Waals surface area contributed by atoms with Crippen molar-refractivity contribution in [3.63, 3.8) is 0 Å². The molecule has 1 aliphatic heterocycles. The van der Waals surface area contributed by atoms with Crippen LogP contribution in [0.15, 0.2) is 12.3 Å². The third-order valence-corrected chi connectivity index (χ3v) is 3.59. The number of nitrogens with zero attached hydrogens (tertiary/aromatic N) is 3. The first-order valence-corrected chi connectivity index (χ1v) is 6.89. The van der Waals surface area contributed by atoms with E-state index in [1.165, 1.54) is 11.5 Å². The quantitative estimate of drug-likeness (QED) is 0.749. The van der Waals surface area contributed by atoms with E-state index in [0.29, 0.717) is 0 Å². The van der Waals surface area contributed by atoms with Gasteiger partial charge in [-0.25, -0.2) is 9.97 Å². The Hall–Kier alpha value is -0.770. The number of hydrogen-bond donors (Lipinski definition) is 0. The van der Waals surface area contributed by atoms with Gasteiger partial charge in [-0.2, -0.15) is 11.8 Å². The van der Waals surface area contributed by atoms with E-state index in [2.05, 4.69) is 35.6 Å². The molecule has 0 N–H and O–H groups in total. The van der Waals surface area contributed by atoms with Crippen molar-refractivity contribution in [1.82, 2.24) is 9.97 Å². The molecule has 1 aromatic heterocycles. The number of thioether (sulfide) groups is 1. The molecule has 0 spiro atoms. The molecule has 0 unspecified atom stereocenters. The molecule has 1 fully saturated rings. The Labute approximate surface area is 102 Å². The van der Waals surface area contributed by atoms with Crippen LogP contribution in [0.5, 0.6) is 0 Å². The standard InChI is InChI=1S/C12H19N3S/c1-12(2,3)11-13-5-4-10(14-11)15-6-8-16-9-7-15/h4-5H,6-9H2,1-3H3. The minimum absolute atomic E-state index is 0.0283. The molecule has 3 nitrogen and oxygen atoms in total. The summed E-state index contributed by atoms with van der Waals surface area (Å²) in [6.07, 6.45) is 1.88. The van der Waals surface area contributed by atoms with Crippen molar-refractivity contribution < 1.29 is 0 Å². The van der Waals surface area contributed by atoms with Gasteiger partial charge < -0.3 is 4.90 Å². The summed E-state index contributed by atoms with van der Waals surface area (Å²) in [5.41, 5.74) is 0.0283. The molecule has 0 saturated carbocycles. The molecule has 1 saturated heterocycles. The van der Waals surface area contributed by atoms with Gasteiger partial charge in [0.25, 0.3) is 0 Å². The molecule has 0 amide bonds. The fourth-order valence-corrected chi connectivity index (χ4v) is 2.58. The van der Waals surface area contributed by atoms with Gasteiger partial charge in [-0.15, -0.1) is 0 Å². The summed E-state index contributed by atoms with van der Waals surface area (Å²) in [4.78, 5) is 11.4. The van der Waals surface area contributed by atoms with Crippen LogP contribution in [0.3, 0.4) is 0 Å². The van der Waals surface area contributed by atoms with Gasteiger partial charge in [-0.1, -0.05) is 20.8 Å². The number of hydrogen-bond acceptors (Lipinski definition) is 4. The predicted octanol–water partition coefficient (Wildman–Crippen LogP) is 2.33. The topological polar surface area (TPSA) is 29.0 Å². The van der Waals surface area contributed by atoms with Crippen LogP contribution in [0.25, 0.3) is 0 Å². The van der Waals surface area contributed by atoms with E-state index in [4.69, 9.17) is 0 Å². The van der Waals surface area contributed by atoms with Crippen LogP contribution in [-0.4, -0.2) is 34.6 Å². The van der Waals surface area contributed by atoms with E-state index in [1.807, 2.05) is 24.0 Å². The first kappa shape index (κ1) is 11.7.